The van der Waals surface area contributed by atoms with Crippen LogP contribution in [0.5, 0.6) is 0 Å². The number of hydrogen-bond donors (Lipinski definition) is 1. The van der Waals surface area contributed by atoms with Crippen LogP contribution in [0.15, 0.2) is 35.6 Å². The Hall–Kier alpha value is -2.17. The second-order valence-electron chi connectivity index (χ2n) is 3.18. The predicted molar refractivity (Wildman–Crippen MR) is 57.1 cm³/mol. The first-order chi connectivity index (χ1) is 7.18. The molecule has 0 aliphatic carbocycles. The van der Waals surface area contributed by atoms with E-state index in [9.17, 15) is 4.79 Å². The molecule has 0 aromatic carbocycles. The van der Waals surface area contributed by atoms with E-state index in [2.05, 4.69) is 9.97 Å². The summed E-state index contributed by atoms with van der Waals surface area (Å²) in [7, 11) is 1.67. The van der Waals surface area contributed by atoms with E-state index in [0.717, 1.165) is 5.56 Å². The number of hydrogen-bond acceptors (Lipinski definition) is 4. The molecule has 0 bridgehead atoms. The zero-order valence-electron chi connectivity index (χ0n) is 8.21. The summed E-state index contributed by atoms with van der Waals surface area (Å²) in [6.45, 7) is 0. The fourth-order valence-electron chi connectivity index (χ4n) is 1.25. The molecule has 2 aromatic rings. The predicted octanol–water partition coefficient (Wildman–Crippen LogP) is 0.424. The topological polar surface area (TPSA) is 73.8 Å². The van der Waals surface area contributed by atoms with Gasteiger partial charge in [-0.15, -0.1) is 0 Å². The van der Waals surface area contributed by atoms with Gasteiger partial charge < -0.3 is 10.3 Å². The fourth-order valence-corrected chi connectivity index (χ4v) is 1.25. The molecule has 0 saturated heterocycles. The summed E-state index contributed by atoms with van der Waals surface area (Å²) >= 11 is 0. The highest BCUT2D eigenvalue weighted by Gasteiger charge is 2.04. The van der Waals surface area contributed by atoms with Gasteiger partial charge in [0.05, 0.1) is 11.9 Å². The van der Waals surface area contributed by atoms with Crippen LogP contribution < -0.4 is 11.3 Å². The van der Waals surface area contributed by atoms with Gasteiger partial charge in [0.1, 0.15) is 0 Å². The van der Waals surface area contributed by atoms with Crippen molar-refractivity contribution >= 4 is 5.69 Å². The first kappa shape index (κ1) is 9.39. The first-order valence-electron chi connectivity index (χ1n) is 4.41. The Labute approximate surface area is 86.2 Å². The molecule has 0 amide bonds. The smallest absolute Gasteiger partial charge is 0.268 e. The van der Waals surface area contributed by atoms with Gasteiger partial charge in [-0.1, -0.05) is 0 Å². The van der Waals surface area contributed by atoms with E-state index in [0.29, 0.717) is 11.4 Å². The number of aromatic nitrogens is 3. The van der Waals surface area contributed by atoms with E-state index in [1.807, 2.05) is 0 Å². The van der Waals surface area contributed by atoms with Crippen LogP contribution in [0.1, 0.15) is 0 Å². The van der Waals surface area contributed by atoms with Gasteiger partial charge in [-0.25, -0.2) is 4.98 Å². The first-order valence-corrected chi connectivity index (χ1v) is 4.41. The summed E-state index contributed by atoms with van der Waals surface area (Å²) in [6, 6.07) is 1.70. The van der Waals surface area contributed by atoms with Crippen molar-refractivity contribution in [1.29, 1.82) is 0 Å². The van der Waals surface area contributed by atoms with Crippen molar-refractivity contribution in [2.75, 3.05) is 5.73 Å². The van der Waals surface area contributed by atoms with Crippen LogP contribution in [0.2, 0.25) is 0 Å². The Morgan fingerprint density at radius 3 is 2.87 bits per heavy atom. The van der Waals surface area contributed by atoms with E-state index in [1.54, 1.807) is 31.7 Å². The van der Waals surface area contributed by atoms with Crippen LogP contribution in [-0.4, -0.2) is 14.5 Å². The highest BCUT2D eigenvalue weighted by atomic mass is 16.1. The van der Waals surface area contributed by atoms with Gasteiger partial charge in [0.15, 0.2) is 0 Å². The van der Waals surface area contributed by atoms with Crippen molar-refractivity contribution in [3.8, 4) is 11.3 Å². The van der Waals surface area contributed by atoms with Crippen LogP contribution in [0, 0.1) is 0 Å². The molecule has 2 heterocycles. The molecule has 0 spiro atoms. The van der Waals surface area contributed by atoms with Crippen LogP contribution in [0.3, 0.4) is 0 Å². The summed E-state index contributed by atoms with van der Waals surface area (Å²) in [5.41, 5.74) is 7.59. The number of nitrogens with two attached hydrogens (primary N) is 1. The van der Waals surface area contributed by atoms with Crippen molar-refractivity contribution < 1.29 is 0 Å². The third-order valence-electron chi connectivity index (χ3n) is 2.11. The van der Waals surface area contributed by atoms with Crippen LogP contribution >= 0.6 is 0 Å². The van der Waals surface area contributed by atoms with Crippen LogP contribution in [-0.2, 0) is 7.05 Å². The molecule has 0 fully saturated rings. The zero-order valence-corrected chi connectivity index (χ0v) is 8.21. The Morgan fingerprint density at radius 1 is 1.40 bits per heavy atom. The average Bonchev–Trinajstić information content (AvgIpc) is 2.23. The van der Waals surface area contributed by atoms with Crippen LogP contribution in [0.4, 0.5) is 5.69 Å². The third-order valence-corrected chi connectivity index (χ3v) is 2.11. The van der Waals surface area contributed by atoms with Gasteiger partial charge in [-0.05, 0) is 6.07 Å². The highest BCUT2D eigenvalue weighted by molar-refractivity contribution is 5.71. The molecule has 0 atom stereocenters. The lowest BCUT2D eigenvalue weighted by molar-refractivity contribution is 0.844. The molecule has 0 unspecified atom stereocenters. The van der Waals surface area contributed by atoms with E-state index >= 15 is 0 Å². The Balaban J connectivity index is 2.60. The second kappa shape index (κ2) is 3.53. The van der Waals surface area contributed by atoms with Gasteiger partial charge >= 0.3 is 0 Å². The fraction of sp³-hybridized carbons (Fsp3) is 0.100. The number of aryl methyl sites for hydroxylation is 1. The lowest BCUT2D eigenvalue weighted by Gasteiger charge is -2.04. The Kier molecular flexibility index (Phi) is 2.21. The van der Waals surface area contributed by atoms with E-state index < -0.39 is 0 Å². The molecule has 0 saturated carbocycles. The van der Waals surface area contributed by atoms with E-state index in [-0.39, 0.29) is 5.56 Å². The summed E-state index contributed by atoms with van der Waals surface area (Å²) in [5.74, 6) is 0. The van der Waals surface area contributed by atoms with Gasteiger partial charge in [-0.2, -0.15) is 0 Å². The molecule has 0 aliphatic heterocycles. The third kappa shape index (κ3) is 1.71. The molecular weight excluding hydrogens is 192 g/mol. The summed E-state index contributed by atoms with van der Waals surface area (Å²) in [4.78, 5) is 19.1. The molecule has 76 valence electrons. The van der Waals surface area contributed by atoms with Crippen molar-refractivity contribution in [3.63, 3.8) is 0 Å². The molecule has 5 heteroatoms. The minimum absolute atomic E-state index is 0.152. The minimum Gasteiger partial charge on any atom is -0.398 e. The van der Waals surface area contributed by atoms with Crippen molar-refractivity contribution in [2.45, 2.75) is 0 Å². The Bertz CT molecular complexity index is 547. The normalized spacial score (nSPS) is 10.2. The number of pyridine rings is 1. The largest absolute Gasteiger partial charge is 0.398 e. The number of rotatable bonds is 1. The zero-order chi connectivity index (χ0) is 10.8. The minimum atomic E-state index is -0.152. The highest BCUT2D eigenvalue weighted by Crippen LogP contribution is 2.20. The summed E-state index contributed by atoms with van der Waals surface area (Å²) in [5, 5.41) is 0. The molecular formula is C10H10N4O. The lowest BCUT2D eigenvalue weighted by Crippen LogP contribution is -2.15. The molecule has 0 aliphatic rings. The standard InChI is InChI=1S/C10H10N4O/c1-14-6-9(13-5-10(14)15)7-4-12-3-2-8(7)11/h2-6H,1H3,(H2,11,12). The average molecular weight is 202 g/mol. The molecule has 2 N–H and O–H groups in total. The maximum Gasteiger partial charge on any atom is 0.268 e. The van der Waals surface area contributed by atoms with Crippen molar-refractivity contribution in [2.24, 2.45) is 7.05 Å². The maximum absolute atomic E-state index is 11.1. The summed E-state index contributed by atoms with van der Waals surface area (Å²) in [6.07, 6.45) is 6.14. The molecule has 0 radical (unpaired) electrons. The Morgan fingerprint density at radius 2 is 2.20 bits per heavy atom. The maximum atomic E-state index is 11.1. The van der Waals surface area contributed by atoms with Gasteiger partial charge in [-0.3, -0.25) is 9.78 Å². The van der Waals surface area contributed by atoms with E-state index in [1.165, 1.54) is 10.8 Å². The molecule has 2 aromatic heterocycles. The number of nitrogen functional groups attached to an aromatic ring is 1. The number of nitrogens with zero attached hydrogens (tertiary/aromatic N) is 3. The SMILES string of the molecule is Cn1cc(-c2cnccc2N)ncc1=O. The van der Waals surface area contributed by atoms with Gasteiger partial charge in [0, 0.05) is 36.9 Å². The van der Waals surface area contributed by atoms with E-state index in [4.69, 9.17) is 5.73 Å². The molecule has 2 rings (SSSR count). The van der Waals surface area contributed by atoms with Crippen molar-refractivity contribution in [1.82, 2.24) is 14.5 Å². The van der Waals surface area contributed by atoms with Gasteiger partial charge in [0.2, 0.25) is 0 Å². The monoisotopic (exact) mass is 202 g/mol. The summed E-state index contributed by atoms with van der Waals surface area (Å²) < 4.78 is 1.45. The lowest BCUT2D eigenvalue weighted by atomic mass is 10.2. The van der Waals surface area contributed by atoms with Crippen LogP contribution in [0.25, 0.3) is 11.3 Å². The number of anilines is 1. The second-order valence-corrected chi connectivity index (χ2v) is 3.18. The molecule has 15 heavy (non-hydrogen) atoms. The molecule has 5 nitrogen and oxygen atoms in total. The van der Waals surface area contributed by atoms with Crippen molar-refractivity contribution in [3.05, 3.63) is 41.2 Å². The van der Waals surface area contributed by atoms with Gasteiger partial charge in [0.25, 0.3) is 5.56 Å². The quantitative estimate of drug-likeness (QED) is 0.727.